The number of para-hydroxylation sites is 1. The molecule has 0 N–H and O–H groups in total. The van der Waals surface area contributed by atoms with Gasteiger partial charge in [0.25, 0.3) is 0 Å². The maximum atomic E-state index is 11.2. The van der Waals surface area contributed by atoms with Gasteiger partial charge in [-0.1, -0.05) is 18.2 Å². The maximum absolute atomic E-state index is 11.2. The van der Waals surface area contributed by atoms with Crippen molar-refractivity contribution in [3.8, 4) is 0 Å². The smallest absolute Gasteiger partial charge is 0.134 e. The summed E-state index contributed by atoms with van der Waals surface area (Å²) in [6, 6.07) is 10.3. The van der Waals surface area contributed by atoms with Crippen LogP contribution in [0.3, 0.4) is 0 Å². The Balaban J connectivity index is 2.08. The molecule has 0 unspecified atom stereocenters. The van der Waals surface area contributed by atoms with Crippen molar-refractivity contribution < 1.29 is 4.79 Å². The molecule has 2 rings (SSSR count). The summed E-state index contributed by atoms with van der Waals surface area (Å²) in [6.07, 6.45) is 2.45. The van der Waals surface area contributed by atoms with Gasteiger partial charge in [0.15, 0.2) is 0 Å². The minimum Gasteiger partial charge on any atom is -0.371 e. The summed E-state index contributed by atoms with van der Waals surface area (Å²) in [5, 5.41) is 0. The van der Waals surface area contributed by atoms with E-state index in [1.54, 1.807) is 0 Å². The number of carbonyl (C=O) groups excluding carboxylic acids is 1. The van der Waals surface area contributed by atoms with Gasteiger partial charge in [-0.05, 0) is 18.6 Å². The second-order valence-corrected chi connectivity index (χ2v) is 3.71. The van der Waals surface area contributed by atoms with Crippen molar-refractivity contribution in [3.63, 3.8) is 0 Å². The normalized spacial score (nSPS) is 18.0. The molecular weight excluding hydrogens is 174 g/mol. The highest BCUT2D eigenvalue weighted by molar-refractivity contribution is 5.79. The molecule has 0 saturated carbocycles. The molecule has 0 aromatic heterocycles. The van der Waals surface area contributed by atoms with Crippen LogP contribution in [0.5, 0.6) is 0 Å². The van der Waals surface area contributed by atoms with E-state index in [1.807, 2.05) is 18.2 Å². The Morgan fingerprint density at radius 1 is 1.00 bits per heavy atom. The van der Waals surface area contributed by atoms with Crippen LogP contribution < -0.4 is 4.90 Å². The van der Waals surface area contributed by atoms with E-state index in [1.165, 1.54) is 5.69 Å². The predicted molar refractivity (Wildman–Crippen MR) is 57.5 cm³/mol. The number of Topliss-reactive ketones (excluding diaryl/α,β-unsaturated/α-hetero) is 1. The number of hydrogen-bond acceptors (Lipinski definition) is 2. The first-order valence-corrected chi connectivity index (χ1v) is 5.18. The predicted octanol–water partition coefficient (Wildman–Crippen LogP) is 2.25. The Bertz CT molecular complexity index is 307. The fourth-order valence-electron chi connectivity index (χ4n) is 1.86. The molecule has 0 atom stereocenters. The van der Waals surface area contributed by atoms with E-state index < -0.39 is 0 Å². The molecule has 74 valence electrons. The molecule has 1 heterocycles. The zero-order valence-electron chi connectivity index (χ0n) is 8.28. The average Bonchev–Trinajstić information content (AvgIpc) is 2.44. The quantitative estimate of drug-likeness (QED) is 0.675. The van der Waals surface area contributed by atoms with E-state index in [2.05, 4.69) is 17.0 Å². The lowest BCUT2D eigenvalue weighted by Crippen LogP contribution is -2.23. The third-order valence-electron chi connectivity index (χ3n) is 2.67. The first kappa shape index (κ1) is 9.25. The van der Waals surface area contributed by atoms with Crippen LogP contribution in [0.15, 0.2) is 30.3 Å². The summed E-state index contributed by atoms with van der Waals surface area (Å²) in [4.78, 5) is 13.5. The van der Waals surface area contributed by atoms with Crippen molar-refractivity contribution in [1.82, 2.24) is 0 Å². The summed E-state index contributed by atoms with van der Waals surface area (Å²) in [5.41, 5.74) is 1.24. The average molecular weight is 189 g/mol. The first-order chi connectivity index (χ1) is 6.86. The largest absolute Gasteiger partial charge is 0.371 e. The number of nitrogens with zero attached hydrogens (tertiary/aromatic N) is 1. The number of hydrogen-bond donors (Lipinski definition) is 0. The highest BCUT2D eigenvalue weighted by Crippen LogP contribution is 2.17. The molecule has 1 fully saturated rings. The summed E-state index contributed by atoms with van der Waals surface area (Å²) >= 11 is 0. The van der Waals surface area contributed by atoms with E-state index in [4.69, 9.17) is 0 Å². The number of benzene rings is 1. The third-order valence-corrected chi connectivity index (χ3v) is 2.67. The molecule has 1 aliphatic heterocycles. The zero-order chi connectivity index (χ0) is 9.80. The van der Waals surface area contributed by atoms with Crippen LogP contribution in [0.25, 0.3) is 0 Å². The molecule has 0 radical (unpaired) electrons. The number of carbonyl (C=O) groups is 1. The molecule has 14 heavy (non-hydrogen) atoms. The Kier molecular flexibility index (Phi) is 2.82. The Hall–Kier alpha value is -1.31. The van der Waals surface area contributed by atoms with E-state index in [0.29, 0.717) is 12.2 Å². The summed E-state index contributed by atoms with van der Waals surface area (Å²) in [7, 11) is 0. The molecule has 0 amide bonds. The lowest BCUT2D eigenvalue weighted by atomic mass is 10.2. The van der Waals surface area contributed by atoms with Crippen LogP contribution in [0.2, 0.25) is 0 Å². The molecule has 1 aliphatic rings. The SMILES string of the molecule is O=C1CCCN(c2ccccc2)CC1. The summed E-state index contributed by atoms with van der Waals surface area (Å²) in [5.74, 6) is 0.406. The Labute approximate surface area is 84.5 Å². The van der Waals surface area contributed by atoms with E-state index >= 15 is 0 Å². The van der Waals surface area contributed by atoms with Crippen molar-refractivity contribution in [1.29, 1.82) is 0 Å². The molecule has 2 nitrogen and oxygen atoms in total. The van der Waals surface area contributed by atoms with Gasteiger partial charge in [0.1, 0.15) is 5.78 Å². The Morgan fingerprint density at radius 3 is 2.57 bits per heavy atom. The standard InChI is InChI=1S/C12H15NO/c14-12-7-4-9-13(10-8-12)11-5-2-1-3-6-11/h1-3,5-6H,4,7-10H2. The van der Waals surface area contributed by atoms with E-state index in [0.717, 1.165) is 25.9 Å². The molecule has 1 aromatic carbocycles. The molecule has 0 aliphatic carbocycles. The second-order valence-electron chi connectivity index (χ2n) is 3.71. The maximum Gasteiger partial charge on any atom is 0.134 e. The third kappa shape index (κ3) is 2.13. The molecule has 0 bridgehead atoms. The lowest BCUT2D eigenvalue weighted by Gasteiger charge is -2.21. The van der Waals surface area contributed by atoms with Gasteiger partial charge in [-0.3, -0.25) is 4.79 Å². The fraction of sp³-hybridized carbons (Fsp3) is 0.417. The Morgan fingerprint density at radius 2 is 1.79 bits per heavy atom. The van der Waals surface area contributed by atoms with Crippen LogP contribution in [0.4, 0.5) is 5.69 Å². The van der Waals surface area contributed by atoms with Gasteiger partial charge in [0.2, 0.25) is 0 Å². The van der Waals surface area contributed by atoms with Crippen molar-refractivity contribution in [2.75, 3.05) is 18.0 Å². The first-order valence-electron chi connectivity index (χ1n) is 5.18. The van der Waals surface area contributed by atoms with Gasteiger partial charge >= 0.3 is 0 Å². The summed E-state index contributed by atoms with van der Waals surface area (Å²) < 4.78 is 0. The highest BCUT2D eigenvalue weighted by atomic mass is 16.1. The lowest BCUT2D eigenvalue weighted by molar-refractivity contribution is -0.118. The van der Waals surface area contributed by atoms with Gasteiger partial charge in [-0.2, -0.15) is 0 Å². The minimum atomic E-state index is 0.406. The highest BCUT2D eigenvalue weighted by Gasteiger charge is 2.13. The summed E-state index contributed by atoms with van der Waals surface area (Å²) in [6.45, 7) is 1.89. The second kappa shape index (κ2) is 4.27. The fourth-order valence-corrected chi connectivity index (χ4v) is 1.86. The number of rotatable bonds is 1. The monoisotopic (exact) mass is 189 g/mol. The van der Waals surface area contributed by atoms with Crippen LogP contribution in [0.1, 0.15) is 19.3 Å². The van der Waals surface area contributed by atoms with Crippen LogP contribution in [0, 0.1) is 0 Å². The number of ketones is 1. The van der Waals surface area contributed by atoms with Crippen LogP contribution in [-0.4, -0.2) is 18.9 Å². The van der Waals surface area contributed by atoms with Crippen molar-refractivity contribution in [2.24, 2.45) is 0 Å². The van der Waals surface area contributed by atoms with Crippen molar-refractivity contribution in [2.45, 2.75) is 19.3 Å². The van der Waals surface area contributed by atoms with Gasteiger partial charge in [0, 0.05) is 31.6 Å². The molecule has 1 aromatic rings. The van der Waals surface area contributed by atoms with Gasteiger partial charge < -0.3 is 4.90 Å². The molecule has 1 saturated heterocycles. The van der Waals surface area contributed by atoms with Crippen molar-refractivity contribution >= 4 is 11.5 Å². The van der Waals surface area contributed by atoms with Crippen molar-refractivity contribution in [3.05, 3.63) is 30.3 Å². The van der Waals surface area contributed by atoms with Gasteiger partial charge in [-0.15, -0.1) is 0 Å². The van der Waals surface area contributed by atoms with Crippen LogP contribution >= 0.6 is 0 Å². The zero-order valence-corrected chi connectivity index (χ0v) is 8.28. The van der Waals surface area contributed by atoms with Crippen LogP contribution in [-0.2, 0) is 4.79 Å². The number of anilines is 1. The van der Waals surface area contributed by atoms with Gasteiger partial charge in [0.05, 0.1) is 0 Å². The minimum absolute atomic E-state index is 0.406. The topological polar surface area (TPSA) is 20.3 Å². The van der Waals surface area contributed by atoms with E-state index in [9.17, 15) is 4.79 Å². The molecule has 2 heteroatoms. The van der Waals surface area contributed by atoms with E-state index in [-0.39, 0.29) is 0 Å². The molecule has 0 spiro atoms. The molecular formula is C12H15NO. The van der Waals surface area contributed by atoms with Gasteiger partial charge in [-0.25, -0.2) is 0 Å².